The number of nitrogens with zero attached hydrogens (tertiary/aromatic N) is 4. The Morgan fingerprint density at radius 1 is 1.25 bits per heavy atom. The summed E-state index contributed by atoms with van der Waals surface area (Å²) in [5.41, 5.74) is -0.826. The van der Waals surface area contributed by atoms with Crippen molar-refractivity contribution in [2.45, 2.75) is 20.0 Å². The van der Waals surface area contributed by atoms with Crippen molar-refractivity contribution in [1.82, 2.24) is 18.7 Å². The first kappa shape index (κ1) is 20.3. The number of Topliss-reactive ketones (excluding diaryl/α,β-unsaturated/α-hetero) is 1. The topological polar surface area (TPSA) is 99.1 Å². The predicted molar refractivity (Wildman–Crippen MR) is 112 cm³/mol. The Bertz CT molecular complexity index is 1230. The normalized spacial score (nSPS) is 11.9. The van der Waals surface area contributed by atoms with Crippen LogP contribution in [-0.2, 0) is 20.1 Å². The van der Waals surface area contributed by atoms with Crippen molar-refractivity contribution >= 4 is 48.8 Å². The van der Waals surface area contributed by atoms with Gasteiger partial charge < -0.3 is 9.67 Å². The van der Waals surface area contributed by atoms with E-state index in [1.54, 1.807) is 16.7 Å². The minimum absolute atomic E-state index is 0.0454. The molecule has 2 heterocycles. The van der Waals surface area contributed by atoms with Crippen LogP contribution in [0, 0.1) is 0 Å². The fraction of sp³-hybridized carbons (Fsp3) is 0.222. The number of hydrogen-bond acceptors (Lipinski definition) is 5. The quantitative estimate of drug-likeness (QED) is 0.419. The SMILES string of the molecule is CC(Br)=CCn1c(Br)nc2c1c(=O)n(CC(=O)c1ccccc1O)c(=O)n2C. The number of imidazole rings is 1. The lowest BCUT2D eigenvalue weighted by atomic mass is 10.1. The number of carbonyl (C=O) groups excluding carboxylic acids is 1. The second-order valence-corrected chi connectivity index (χ2v) is 8.09. The van der Waals surface area contributed by atoms with Crippen LogP contribution >= 0.6 is 31.9 Å². The summed E-state index contributed by atoms with van der Waals surface area (Å²) in [6.45, 7) is 1.70. The molecule has 0 spiro atoms. The molecule has 0 fully saturated rings. The highest BCUT2D eigenvalue weighted by atomic mass is 79.9. The number of ketones is 1. The van der Waals surface area contributed by atoms with Crippen molar-refractivity contribution in [3.63, 3.8) is 0 Å². The van der Waals surface area contributed by atoms with Crippen LogP contribution in [0.5, 0.6) is 5.75 Å². The molecular weight excluding hydrogens is 496 g/mol. The number of benzene rings is 1. The first-order chi connectivity index (χ1) is 13.2. The van der Waals surface area contributed by atoms with Gasteiger partial charge in [-0.1, -0.05) is 34.1 Å². The molecule has 2 aromatic heterocycles. The number of aromatic hydroxyl groups is 1. The lowest BCUT2D eigenvalue weighted by molar-refractivity contribution is 0.0966. The molecule has 3 rings (SSSR count). The molecule has 1 aromatic carbocycles. The first-order valence-corrected chi connectivity index (χ1v) is 9.80. The Morgan fingerprint density at radius 2 is 1.93 bits per heavy atom. The average molecular weight is 512 g/mol. The summed E-state index contributed by atoms with van der Waals surface area (Å²) in [7, 11) is 1.49. The molecule has 0 saturated carbocycles. The molecule has 0 atom stereocenters. The van der Waals surface area contributed by atoms with Crippen molar-refractivity contribution in [2.75, 3.05) is 0 Å². The number of halogens is 2. The van der Waals surface area contributed by atoms with Crippen molar-refractivity contribution in [2.24, 2.45) is 7.05 Å². The Hall–Kier alpha value is -2.46. The molecule has 0 unspecified atom stereocenters. The van der Waals surface area contributed by atoms with Crippen LogP contribution in [0.4, 0.5) is 0 Å². The van der Waals surface area contributed by atoms with Crippen LogP contribution < -0.4 is 11.2 Å². The fourth-order valence-electron chi connectivity index (χ4n) is 2.81. The zero-order valence-electron chi connectivity index (χ0n) is 15.0. The molecule has 1 N–H and O–H groups in total. The number of fused-ring (bicyclic) bond motifs is 1. The number of rotatable bonds is 5. The van der Waals surface area contributed by atoms with Crippen molar-refractivity contribution < 1.29 is 9.90 Å². The van der Waals surface area contributed by atoms with Gasteiger partial charge in [0.15, 0.2) is 21.7 Å². The largest absolute Gasteiger partial charge is 0.507 e. The summed E-state index contributed by atoms with van der Waals surface area (Å²) < 4.78 is 4.96. The zero-order chi connectivity index (χ0) is 20.6. The summed E-state index contributed by atoms with van der Waals surface area (Å²) in [6.07, 6.45) is 1.84. The van der Waals surface area contributed by atoms with Gasteiger partial charge in [0, 0.05) is 13.6 Å². The maximum atomic E-state index is 13.1. The van der Waals surface area contributed by atoms with Crippen LogP contribution in [0.25, 0.3) is 11.2 Å². The van der Waals surface area contributed by atoms with E-state index >= 15 is 0 Å². The predicted octanol–water partition coefficient (Wildman–Crippen LogP) is 2.55. The van der Waals surface area contributed by atoms with E-state index < -0.39 is 23.6 Å². The smallest absolute Gasteiger partial charge is 0.332 e. The molecule has 0 saturated heterocycles. The van der Waals surface area contributed by atoms with Crippen LogP contribution in [0.2, 0.25) is 0 Å². The van der Waals surface area contributed by atoms with E-state index in [4.69, 9.17) is 0 Å². The van der Waals surface area contributed by atoms with Gasteiger partial charge in [-0.15, -0.1) is 0 Å². The minimum Gasteiger partial charge on any atom is -0.507 e. The lowest BCUT2D eigenvalue weighted by Gasteiger charge is -2.09. The number of para-hydroxylation sites is 1. The monoisotopic (exact) mass is 510 g/mol. The van der Waals surface area contributed by atoms with E-state index in [2.05, 4.69) is 36.8 Å². The Kier molecular flexibility index (Phi) is 5.71. The van der Waals surface area contributed by atoms with E-state index in [1.807, 2.05) is 13.0 Å². The van der Waals surface area contributed by atoms with Gasteiger partial charge in [0.25, 0.3) is 5.56 Å². The van der Waals surface area contributed by atoms with E-state index in [0.717, 1.165) is 9.05 Å². The Labute approximate surface area is 176 Å². The third-order valence-corrected chi connectivity index (χ3v) is 5.18. The van der Waals surface area contributed by atoms with Gasteiger partial charge in [0.1, 0.15) is 5.75 Å². The standard InChI is InChI=1S/C18H16Br2N4O4/c1-10(19)7-8-23-14-15(21-17(23)20)22(2)18(28)24(16(14)27)9-13(26)11-5-3-4-6-12(11)25/h3-7,25H,8-9H2,1-2H3. The van der Waals surface area contributed by atoms with E-state index in [0.29, 0.717) is 11.3 Å². The van der Waals surface area contributed by atoms with Crippen molar-refractivity contribution in [3.05, 3.63) is 66.0 Å². The van der Waals surface area contributed by atoms with Gasteiger partial charge >= 0.3 is 5.69 Å². The molecule has 0 aliphatic carbocycles. The second-order valence-electron chi connectivity index (χ2n) is 6.13. The molecule has 28 heavy (non-hydrogen) atoms. The molecule has 0 aliphatic rings. The summed E-state index contributed by atoms with van der Waals surface area (Å²) in [6, 6.07) is 5.99. The van der Waals surface area contributed by atoms with Crippen LogP contribution in [-0.4, -0.2) is 29.6 Å². The molecule has 0 bridgehead atoms. The molecule has 8 nitrogen and oxygen atoms in total. The highest BCUT2D eigenvalue weighted by molar-refractivity contribution is 9.11. The molecule has 0 amide bonds. The second kappa shape index (κ2) is 7.88. The third kappa shape index (κ3) is 3.61. The van der Waals surface area contributed by atoms with Gasteiger partial charge in [-0.3, -0.25) is 18.7 Å². The molecule has 3 aromatic rings. The number of hydrogen-bond donors (Lipinski definition) is 1. The number of phenols is 1. The molecule has 0 radical (unpaired) electrons. The Balaban J connectivity index is 2.18. The maximum absolute atomic E-state index is 13.1. The lowest BCUT2D eigenvalue weighted by Crippen LogP contribution is -2.41. The minimum atomic E-state index is -0.661. The molecule has 146 valence electrons. The molecule has 0 aliphatic heterocycles. The number of phenolic OH excluding ortho intramolecular Hbond substituents is 1. The van der Waals surface area contributed by atoms with E-state index in [-0.39, 0.29) is 22.5 Å². The highest BCUT2D eigenvalue weighted by Gasteiger charge is 2.21. The zero-order valence-corrected chi connectivity index (χ0v) is 18.2. The average Bonchev–Trinajstić information content (AvgIpc) is 2.98. The van der Waals surface area contributed by atoms with Crippen LogP contribution in [0.3, 0.4) is 0 Å². The summed E-state index contributed by atoms with van der Waals surface area (Å²) in [5.74, 6) is -0.748. The number of aryl methyl sites for hydroxylation is 1. The summed E-state index contributed by atoms with van der Waals surface area (Å²) in [5, 5.41) is 9.87. The molecule has 10 heteroatoms. The number of aromatic nitrogens is 4. The number of carbonyl (C=O) groups is 1. The number of allylic oxidation sites excluding steroid dienone is 2. The van der Waals surface area contributed by atoms with Gasteiger partial charge in [-0.05, 0) is 39.5 Å². The van der Waals surface area contributed by atoms with Crippen LogP contribution in [0.1, 0.15) is 17.3 Å². The summed E-state index contributed by atoms with van der Waals surface area (Å²) >= 11 is 6.66. The Morgan fingerprint density at radius 3 is 2.57 bits per heavy atom. The van der Waals surface area contributed by atoms with Gasteiger partial charge in [0.05, 0.1) is 12.1 Å². The highest BCUT2D eigenvalue weighted by Crippen LogP contribution is 2.18. The maximum Gasteiger partial charge on any atom is 0.332 e. The van der Waals surface area contributed by atoms with Gasteiger partial charge in [-0.2, -0.15) is 0 Å². The third-order valence-electron chi connectivity index (χ3n) is 4.25. The van der Waals surface area contributed by atoms with Crippen LogP contribution in [0.15, 0.2) is 49.1 Å². The van der Waals surface area contributed by atoms with Crippen molar-refractivity contribution in [1.29, 1.82) is 0 Å². The molecular formula is C18H16Br2N4O4. The van der Waals surface area contributed by atoms with E-state index in [1.165, 1.54) is 23.7 Å². The summed E-state index contributed by atoms with van der Waals surface area (Å²) in [4.78, 5) is 42.6. The fourth-order valence-corrected chi connectivity index (χ4v) is 3.44. The van der Waals surface area contributed by atoms with Gasteiger partial charge in [0.2, 0.25) is 0 Å². The van der Waals surface area contributed by atoms with Gasteiger partial charge in [-0.25, -0.2) is 9.78 Å². The van der Waals surface area contributed by atoms with Crippen molar-refractivity contribution in [3.8, 4) is 5.75 Å². The van der Waals surface area contributed by atoms with E-state index in [9.17, 15) is 19.5 Å². The first-order valence-electron chi connectivity index (χ1n) is 8.21.